The van der Waals surface area contributed by atoms with Gasteiger partial charge in [-0.25, -0.2) is 18.7 Å². The number of carbonyl (C=O) groups is 2. The average molecular weight is 807 g/mol. The van der Waals surface area contributed by atoms with Crippen LogP contribution in [0.25, 0.3) is 0 Å². The Balaban J connectivity index is -0.000000141. The van der Waals surface area contributed by atoms with Gasteiger partial charge in [-0.15, -0.1) is 0 Å². The fourth-order valence-electron chi connectivity index (χ4n) is 0.291. The summed E-state index contributed by atoms with van der Waals surface area (Å²) in [5.41, 5.74) is 0. The van der Waals surface area contributed by atoms with E-state index in [0.29, 0.717) is 0 Å². The van der Waals surface area contributed by atoms with Gasteiger partial charge in [0, 0.05) is 0 Å². The summed E-state index contributed by atoms with van der Waals surface area (Å²) in [5, 5.41) is 0. The molecule has 0 aromatic heterocycles. The third-order valence-electron chi connectivity index (χ3n) is 0.570. The van der Waals surface area contributed by atoms with E-state index in [4.69, 9.17) is 19.6 Å². The van der Waals surface area contributed by atoms with Crippen LogP contribution in [0.3, 0.4) is 0 Å². The second-order valence-electron chi connectivity index (χ2n) is 1.74. The third kappa shape index (κ3) is 23.8. The molecule has 18 heavy (non-hydrogen) atoms. The minimum absolute atomic E-state index is 0. The van der Waals surface area contributed by atoms with Gasteiger partial charge < -0.3 is 9.05 Å². The molecule has 0 atom stereocenters. The van der Waals surface area contributed by atoms with Gasteiger partial charge in [-0.1, -0.05) is 0 Å². The van der Waals surface area contributed by atoms with Gasteiger partial charge in [0.25, 0.3) is 0 Å². The number of phosphoric ester groups is 2. The van der Waals surface area contributed by atoms with Crippen LogP contribution < -0.4 is 0 Å². The Kier molecular flexibility index (Phi) is 31.0. The third-order valence-corrected chi connectivity index (χ3v) is 1.38. The Morgan fingerprint density at radius 3 is 0.944 bits per heavy atom. The number of hydrogen-bond donors (Lipinski definition) is 4. The number of hydrogen-bond acceptors (Lipinski definition) is 6. The summed E-state index contributed by atoms with van der Waals surface area (Å²) in [6, 6.07) is 0. The van der Waals surface area contributed by atoms with Crippen molar-refractivity contribution in [3.05, 3.63) is 0 Å². The van der Waals surface area contributed by atoms with Crippen LogP contribution in [0.4, 0.5) is 0 Å². The van der Waals surface area contributed by atoms with Gasteiger partial charge in [0.05, 0.1) is 0 Å². The van der Waals surface area contributed by atoms with E-state index < -0.39 is 27.6 Å². The van der Waals surface area contributed by atoms with Crippen molar-refractivity contribution in [3.63, 3.8) is 0 Å². The number of rotatable bonds is 2. The topological polar surface area (TPSA) is 168 Å². The van der Waals surface area contributed by atoms with Gasteiger partial charge in [0.2, 0.25) is 0 Å². The van der Waals surface area contributed by atoms with Crippen molar-refractivity contribution in [2.75, 3.05) is 0 Å². The van der Waals surface area contributed by atoms with Gasteiger partial charge in [0.1, 0.15) is 0 Å². The van der Waals surface area contributed by atoms with Crippen LogP contribution in [0.15, 0.2) is 0 Å². The van der Waals surface area contributed by atoms with Crippen molar-refractivity contribution in [2.45, 2.75) is 0 Å². The van der Waals surface area contributed by atoms with E-state index in [1.807, 2.05) is 0 Å². The molecule has 0 saturated carbocycles. The van der Waals surface area contributed by atoms with E-state index >= 15 is 0 Å². The van der Waals surface area contributed by atoms with Gasteiger partial charge in [-0.2, -0.15) is 0 Å². The molecule has 10 nitrogen and oxygen atoms in total. The van der Waals surface area contributed by atoms with Crippen LogP contribution in [0.2, 0.25) is 0 Å². The predicted octanol–water partition coefficient (Wildman–Crippen LogP) is -5.41. The zero-order valence-electron chi connectivity index (χ0n) is 6.13. The molecule has 0 fully saturated rings. The van der Waals surface area contributed by atoms with Gasteiger partial charge >= 0.3 is 223 Å². The Labute approximate surface area is 262 Å². The van der Waals surface area contributed by atoms with Crippen molar-refractivity contribution in [1.82, 2.24) is 0 Å². The van der Waals surface area contributed by atoms with Crippen molar-refractivity contribution in [1.29, 1.82) is 0 Å². The normalized spacial score (nSPS) is 9.33. The van der Waals surface area contributed by atoms with E-state index in [2.05, 4.69) is 9.05 Å². The van der Waals surface area contributed by atoms with Crippen LogP contribution in [0.5, 0.6) is 0 Å². The zero-order chi connectivity index (χ0) is 11.6. The van der Waals surface area contributed by atoms with E-state index in [0.717, 1.165) is 0 Å². The minimum atomic E-state index is -5.24. The fraction of sp³-hybridized carbons (Fsp3) is 0. The molecule has 0 aliphatic heterocycles. The van der Waals surface area contributed by atoms with E-state index in [1.165, 1.54) is 0 Å². The van der Waals surface area contributed by atoms with Gasteiger partial charge in [-0.05, 0) is 0 Å². The number of carbonyl (C=O) groups excluding carboxylic acids is 2. The standard InChI is InChI=1S/C2H4O10P2.4Ba.8H/c3-1(11-13(5,6)7)2(4)12-14(8,9)10;;;;;;;;;;;;/h(H2,5,6,7)(H2,8,9,10);;;;;;;;;;;;. The van der Waals surface area contributed by atoms with E-state index in [9.17, 15) is 18.7 Å². The van der Waals surface area contributed by atoms with Gasteiger partial charge in [0.15, 0.2) is 0 Å². The molecule has 0 aromatic rings. The second-order valence-corrected chi connectivity index (χ2v) is 4.07. The zero-order valence-corrected chi connectivity index (χ0v) is 7.92. The molecule has 0 aromatic carbocycles. The molecule has 0 saturated heterocycles. The van der Waals surface area contributed by atoms with Crippen molar-refractivity contribution in [3.8, 4) is 0 Å². The van der Waals surface area contributed by atoms with Crippen molar-refractivity contribution < 1.29 is 47.3 Å². The molecule has 4 N–H and O–H groups in total. The summed E-state index contributed by atoms with van der Waals surface area (Å²) in [4.78, 5) is 52.6. The molecule has 0 spiro atoms. The molecule has 0 unspecified atom stereocenters. The van der Waals surface area contributed by atoms with E-state index in [1.54, 1.807) is 0 Å². The van der Waals surface area contributed by atoms with Crippen LogP contribution in [0, 0.1) is 0 Å². The summed E-state index contributed by atoms with van der Waals surface area (Å²) in [6.45, 7) is 0. The molecule has 0 aliphatic rings. The van der Waals surface area contributed by atoms with E-state index in [-0.39, 0.29) is 196 Å². The first-order valence-electron chi connectivity index (χ1n) is 2.60. The molecular formula is C2H12Ba4O10P2. The molecule has 0 aliphatic carbocycles. The predicted molar refractivity (Wildman–Crippen MR) is 70.4 cm³/mol. The summed E-state index contributed by atoms with van der Waals surface area (Å²) >= 11 is 0. The molecule has 0 heterocycles. The second kappa shape index (κ2) is 16.0. The maximum absolute atomic E-state index is 10.3. The fourth-order valence-corrected chi connectivity index (χ4v) is 0.872. The molecule has 16 heteroatoms. The van der Waals surface area contributed by atoms with Gasteiger partial charge in [-0.3, -0.25) is 19.6 Å². The Bertz CT molecular complexity index is 310. The van der Waals surface area contributed by atoms with Crippen LogP contribution in [-0.2, 0) is 27.8 Å². The number of phosphoric acid groups is 2. The van der Waals surface area contributed by atoms with Crippen LogP contribution in [0.1, 0.15) is 0 Å². The summed E-state index contributed by atoms with van der Waals surface area (Å²) in [5.74, 6) is -4.41. The summed E-state index contributed by atoms with van der Waals surface area (Å²) < 4.78 is 26.2. The average Bonchev–Trinajstić information content (AvgIpc) is 1.78. The Morgan fingerprint density at radius 2 is 0.833 bits per heavy atom. The molecule has 0 rings (SSSR count). The quantitative estimate of drug-likeness (QED) is 0.120. The summed E-state index contributed by atoms with van der Waals surface area (Å²) in [6.07, 6.45) is 0. The molecule has 0 bridgehead atoms. The first kappa shape index (κ1) is 34.8. The Hall–Kier alpha value is 5.53. The van der Waals surface area contributed by atoms with Crippen molar-refractivity contribution in [2.24, 2.45) is 0 Å². The van der Waals surface area contributed by atoms with Crippen LogP contribution >= 0.6 is 15.6 Å². The monoisotopic (exact) mass is 810 g/mol. The molecular weight excluding hydrogens is 795 g/mol. The molecule has 0 radical (unpaired) electrons. The van der Waals surface area contributed by atoms with Crippen LogP contribution in [-0.4, -0.2) is 227 Å². The molecule has 98 valence electrons. The summed E-state index contributed by atoms with van der Waals surface area (Å²) in [7, 11) is -10.5. The molecule has 0 amide bonds. The SMILES string of the molecule is O=C(OP(=O)(O)O)C(=O)OP(=O)(O)O.[BaH2].[BaH2].[BaH2].[BaH2]. The first-order chi connectivity index (χ1) is 6.01. The Morgan fingerprint density at radius 1 is 0.667 bits per heavy atom. The van der Waals surface area contributed by atoms with Crippen molar-refractivity contribution >= 4 is 223 Å². The maximum atomic E-state index is 10.3. The first-order valence-corrected chi connectivity index (χ1v) is 5.66.